The summed E-state index contributed by atoms with van der Waals surface area (Å²) >= 11 is 0. The van der Waals surface area contributed by atoms with Crippen LogP contribution in [0.2, 0.25) is 0 Å². The minimum absolute atomic E-state index is 0.120. The summed E-state index contributed by atoms with van der Waals surface area (Å²) in [5, 5.41) is 0. The number of nitrogens with zero attached hydrogens (tertiary/aromatic N) is 2. The second-order valence-electron chi connectivity index (χ2n) is 6.16. The predicted molar refractivity (Wildman–Crippen MR) is 68.6 cm³/mol. The molecule has 1 aliphatic heterocycles. The van der Waals surface area contributed by atoms with Crippen molar-refractivity contribution >= 4 is 5.91 Å². The highest BCUT2D eigenvalue weighted by molar-refractivity contribution is 5.86. The first kappa shape index (κ1) is 12.8. The molecule has 2 aliphatic rings. The van der Waals surface area contributed by atoms with E-state index in [1.54, 1.807) is 0 Å². The van der Waals surface area contributed by atoms with E-state index in [9.17, 15) is 4.79 Å². The van der Waals surface area contributed by atoms with Crippen LogP contribution < -0.4 is 5.73 Å². The zero-order valence-electron chi connectivity index (χ0n) is 11.3. The van der Waals surface area contributed by atoms with E-state index in [2.05, 4.69) is 11.9 Å². The SMILES string of the molecule is CN1CCC(CN(C)C(=O)C(C)(N)C2CC2)C1. The van der Waals surface area contributed by atoms with Crippen molar-refractivity contribution in [3.63, 3.8) is 0 Å². The van der Waals surface area contributed by atoms with Gasteiger partial charge in [0.25, 0.3) is 0 Å². The molecule has 0 bridgehead atoms. The van der Waals surface area contributed by atoms with E-state index in [1.807, 2.05) is 18.9 Å². The van der Waals surface area contributed by atoms with Gasteiger partial charge in [0.2, 0.25) is 5.91 Å². The average molecular weight is 239 g/mol. The van der Waals surface area contributed by atoms with Crippen LogP contribution in [0.1, 0.15) is 26.2 Å². The Morgan fingerprint density at radius 3 is 2.59 bits per heavy atom. The standard InChI is InChI=1S/C13H25N3O/c1-13(14,11-4-5-11)12(17)16(3)9-10-6-7-15(2)8-10/h10-11H,4-9,14H2,1-3H3. The van der Waals surface area contributed by atoms with E-state index in [0.29, 0.717) is 11.8 Å². The normalized spacial score (nSPS) is 29.1. The third kappa shape index (κ3) is 2.80. The number of nitrogens with two attached hydrogens (primary N) is 1. The number of hydrogen-bond donors (Lipinski definition) is 1. The van der Waals surface area contributed by atoms with Gasteiger partial charge in [0.15, 0.2) is 0 Å². The quantitative estimate of drug-likeness (QED) is 0.778. The molecule has 17 heavy (non-hydrogen) atoms. The fourth-order valence-electron chi connectivity index (χ4n) is 2.91. The van der Waals surface area contributed by atoms with Crippen molar-refractivity contribution in [2.75, 3.05) is 33.7 Å². The molecule has 4 nitrogen and oxygen atoms in total. The zero-order chi connectivity index (χ0) is 12.6. The van der Waals surface area contributed by atoms with Crippen molar-refractivity contribution < 1.29 is 4.79 Å². The molecule has 0 aromatic carbocycles. The van der Waals surface area contributed by atoms with Crippen molar-refractivity contribution in [3.8, 4) is 0 Å². The summed E-state index contributed by atoms with van der Waals surface area (Å²) in [6.45, 7) is 4.99. The van der Waals surface area contributed by atoms with Gasteiger partial charge < -0.3 is 15.5 Å². The average Bonchev–Trinajstić information content (AvgIpc) is 3.03. The molecule has 2 rings (SSSR count). The number of rotatable bonds is 4. The molecule has 2 unspecified atom stereocenters. The highest BCUT2D eigenvalue weighted by atomic mass is 16.2. The zero-order valence-corrected chi connectivity index (χ0v) is 11.3. The molecule has 0 aromatic heterocycles. The highest BCUT2D eigenvalue weighted by Gasteiger charge is 2.45. The summed E-state index contributed by atoms with van der Waals surface area (Å²) in [4.78, 5) is 16.5. The van der Waals surface area contributed by atoms with Gasteiger partial charge in [-0.2, -0.15) is 0 Å². The molecular weight excluding hydrogens is 214 g/mol. The number of carbonyl (C=O) groups is 1. The minimum Gasteiger partial charge on any atom is -0.344 e. The van der Waals surface area contributed by atoms with E-state index in [-0.39, 0.29) is 5.91 Å². The molecule has 98 valence electrons. The lowest BCUT2D eigenvalue weighted by atomic mass is 9.95. The van der Waals surface area contributed by atoms with Gasteiger partial charge in [-0.1, -0.05) is 0 Å². The summed E-state index contributed by atoms with van der Waals surface area (Å²) in [5.74, 6) is 1.14. The Labute approximate surface area is 104 Å². The van der Waals surface area contributed by atoms with E-state index >= 15 is 0 Å². The Kier molecular flexibility index (Phi) is 3.46. The van der Waals surface area contributed by atoms with Crippen LogP contribution in [0.25, 0.3) is 0 Å². The van der Waals surface area contributed by atoms with Gasteiger partial charge in [-0.05, 0) is 51.6 Å². The number of carbonyl (C=O) groups excluding carboxylic acids is 1. The lowest BCUT2D eigenvalue weighted by Gasteiger charge is -2.30. The van der Waals surface area contributed by atoms with Crippen LogP contribution in [0.3, 0.4) is 0 Å². The maximum absolute atomic E-state index is 12.3. The summed E-state index contributed by atoms with van der Waals surface area (Å²) in [6.07, 6.45) is 3.41. The predicted octanol–water partition coefficient (Wildman–Crippen LogP) is 0.524. The van der Waals surface area contributed by atoms with Crippen LogP contribution in [-0.2, 0) is 4.79 Å². The molecule has 2 N–H and O–H groups in total. The summed E-state index contributed by atoms with van der Waals surface area (Å²) in [7, 11) is 4.03. The molecule has 1 saturated carbocycles. The molecule has 0 radical (unpaired) electrons. The molecule has 1 amide bonds. The van der Waals surface area contributed by atoms with E-state index in [4.69, 9.17) is 5.73 Å². The minimum atomic E-state index is -0.640. The van der Waals surface area contributed by atoms with Gasteiger partial charge in [-0.3, -0.25) is 4.79 Å². The Morgan fingerprint density at radius 2 is 2.12 bits per heavy atom. The molecule has 0 aromatic rings. The van der Waals surface area contributed by atoms with Crippen molar-refractivity contribution in [3.05, 3.63) is 0 Å². The van der Waals surface area contributed by atoms with Gasteiger partial charge in [0.1, 0.15) is 0 Å². The van der Waals surface area contributed by atoms with Crippen LogP contribution in [0, 0.1) is 11.8 Å². The Bertz CT molecular complexity index is 299. The van der Waals surface area contributed by atoms with Crippen molar-refractivity contribution in [2.45, 2.75) is 31.7 Å². The Hall–Kier alpha value is -0.610. The van der Waals surface area contributed by atoms with Crippen LogP contribution in [0.5, 0.6) is 0 Å². The fraction of sp³-hybridized carbons (Fsp3) is 0.923. The van der Waals surface area contributed by atoms with Crippen LogP contribution in [-0.4, -0.2) is 55.0 Å². The fourth-order valence-corrected chi connectivity index (χ4v) is 2.91. The second kappa shape index (κ2) is 4.58. The third-order valence-electron chi connectivity index (χ3n) is 4.25. The summed E-state index contributed by atoms with van der Waals surface area (Å²) < 4.78 is 0. The van der Waals surface area contributed by atoms with Gasteiger partial charge in [-0.25, -0.2) is 0 Å². The molecule has 4 heteroatoms. The summed E-state index contributed by atoms with van der Waals surface area (Å²) in [6, 6.07) is 0. The van der Waals surface area contributed by atoms with Crippen LogP contribution >= 0.6 is 0 Å². The number of likely N-dealkylation sites (N-methyl/N-ethyl adjacent to an activating group) is 1. The van der Waals surface area contributed by atoms with Crippen LogP contribution in [0.4, 0.5) is 0 Å². The van der Waals surface area contributed by atoms with Gasteiger partial charge >= 0.3 is 0 Å². The first-order valence-corrected chi connectivity index (χ1v) is 6.64. The Balaban J connectivity index is 1.86. The first-order chi connectivity index (χ1) is 7.91. The highest BCUT2D eigenvalue weighted by Crippen LogP contribution is 2.38. The van der Waals surface area contributed by atoms with Gasteiger partial charge in [-0.15, -0.1) is 0 Å². The molecule has 1 aliphatic carbocycles. The molecule has 2 atom stereocenters. The van der Waals surface area contributed by atoms with Gasteiger partial charge in [0, 0.05) is 20.1 Å². The molecule has 2 fully saturated rings. The largest absolute Gasteiger partial charge is 0.344 e. The van der Waals surface area contributed by atoms with Crippen molar-refractivity contribution in [1.82, 2.24) is 9.80 Å². The maximum Gasteiger partial charge on any atom is 0.242 e. The topological polar surface area (TPSA) is 49.6 Å². The van der Waals surface area contributed by atoms with Crippen molar-refractivity contribution in [2.24, 2.45) is 17.6 Å². The first-order valence-electron chi connectivity index (χ1n) is 6.64. The monoisotopic (exact) mass is 239 g/mol. The van der Waals surface area contributed by atoms with Crippen molar-refractivity contribution in [1.29, 1.82) is 0 Å². The molecule has 1 saturated heterocycles. The van der Waals surface area contributed by atoms with E-state index in [1.165, 1.54) is 6.42 Å². The van der Waals surface area contributed by atoms with Gasteiger partial charge in [0.05, 0.1) is 5.54 Å². The third-order valence-corrected chi connectivity index (χ3v) is 4.25. The smallest absolute Gasteiger partial charge is 0.242 e. The maximum atomic E-state index is 12.3. The van der Waals surface area contributed by atoms with E-state index in [0.717, 1.165) is 32.5 Å². The van der Waals surface area contributed by atoms with Crippen LogP contribution in [0.15, 0.2) is 0 Å². The summed E-state index contributed by atoms with van der Waals surface area (Å²) in [5.41, 5.74) is 5.53. The molecule has 1 heterocycles. The number of hydrogen-bond acceptors (Lipinski definition) is 3. The lowest BCUT2D eigenvalue weighted by Crippen LogP contribution is -2.54. The number of likely N-dealkylation sites (tertiary alicyclic amines) is 1. The van der Waals surface area contributed by atoms with E-state index < -0.39 is 5.54 Å². The second-order valence-corrected chi connectivity index (χ2v) is 6.16. The lowest BCUT2D eigenvalue weighted by molar-refractivity contribution is -0.136. The Morgan fingerprint density at radius 1 is 1.47 bits per heavy atom. The molecular formula is C13H25N3O. The number of amides is 1. The molecule has 0 spiro atoms.